The van der Waals surface area contributed by atoms with Gasteiger partial charge in [-0.05, 0) is 31.9 Å². The molecule has 1 aromatic rings. The summed E-state index contributed by atoms with van der Waals surface area (Å²) in [4.78, 5) is 11.2. The number of hydrogen-bond donors (Lipinski definition) is 1. The van der Waals surface area contributed by atoms with Gasteiger partial charge in [-0.3, -0.25) is 0 Å². The number of ether oxygens (including phenoxy) is 3. The third-order valence-corrected chi connectivity index (χ3v) is 4.82. The maximum atomic E-state index is 11.2. The second kappa shape index (κ2) is 13.0. The van der Waals surface area contributed by atoms with Gasteiger partial charge in [0.25, 0.3) is 0 Å². The van der Waals surface area contributed by atoms with Gasteiger partial charge >= 0.3 is 5.97 Å². The Bertz CT molecular complexity index is 680. The van der Waals surface area contributed by atoms with Crippen LogP contribution in [0.25, 0.3) is 5.76 Å². The number of para-hydroxylation sites is 1. The van der Waals surface area contributed by atoms with Gasteiger partial charge in [0.15, 0.2) is 0 Å². The van der Waals surface area contributed by atoms with Gasteiger partial charge in [-0.15, -0.1) is 0 Å². The van der Waals surface area contributed by atoms with Crippen LogP contribution in [0.1, 0.15) is 70.3 Å². The number of aliphatic hydroxyl groups is 1. The molecule has 1 heterocycles. The van der Waals surface area contributed by atoms with Crippen LogP contribution in [0.4, 0.5) is 0 Å². The lowest BCUT2D eigenvalue weighted by molar-refractivity contribution is -0.139. The summed E-state index contributed by atoms with van der Waals surface area (Å²) in [7, 11) is 0. The molecule has 5 nitrogen and oxygen atoms in total. The molecule has 29 heavy (non-hydrogen) atoms. The molecular formula is C24H34O5. The Hall–Kier alpha value is -2.27. The van der Waals surface area contributed by atoms with Crippen molar-refractivity contribution < 1.29 is 24.1 Å². The van der Waals surface area contributed by atoms with Crippen molar-refractivity contribution in [3.8, 4) is 5.75 Å². The summed E-state index contributed by atoms with van der Waals surface area (Å²) < 4.78 is 16.3. The second-order valence-corrected chi connectivity index (χ2v) is 7.48. The molecule has 0 saturated carbocycles. The lowest BCUT2D eigenvalue weighted by atomic mass is 10.1. The fourth-order valence-electron chi connectivity index (χ4n) is 3.19. The Morgan fingerprint density at radius 2 is 1.59 bits per heavy atom. The van der Waals surface area contributed by atoms with Crippen LogP contribution >= 0.6 is 0 Å². The van der Waals surface area contributed by atoms with Gasteiger partial charge < -0.3 is 19.3 Å². The molecule has 0 fully saturated rings. The lowest BCUT2D eigenvalue weighted by Crippen LogP contribution is -2.18. The molecule has 1 atom stereocenters. The molecule has 1 unspecified atom stereocenters. The Balaban J connectivity index is 1.43. The van der Waals surface area contributed by atoms with Gasteiger partial charge in [0, 0.05) is 11.6 Å². The number of fused-ring (bicyclic) bond motifs is 1. The van der Waals surface area contributed by atoms with E-state index in [-0.39, 0.29) is 5.97 Å². The molecule has 5 heteroatoms. The summed E-state index contributed by atoms with van der Waals surface area (Å²) in [6.07, 6.45) is 10.9. The first-order chi connectivity index (χ1) is 14.1. The van der Waals surface area contributed by atoms with Crippen LogP contribution in [0.15, 0.2) is 42.5 Å². The van der Waals surface area contributed by atoms with Crippen molar-refractivity contribution in [3.05, 3.63) is 48.1 Å². The van der Waals surface area contributed by atoms with Crippen LogP contribution in [-0.2, 0) is 14.3 Å². The third-order valence-electron chi connectivity index (χ3n) is 4.82. The monoisotopic (exact) mass is 402 g/mol. The number of unbranched alkanes of at least 4 members (excludes halogenated alkanes) is 8. The molecule has 0 radical (unpaired) electrons. The normalized spacial score (nSPS) is 15.1. The summed E-state index contributed by atoms with van der Waals surface area (Å²) in [5.74, 6) is 1.07. The first-order valence-corrected chi connectivity index (χ1v) is 10.7. The molecule has 1 aromatic carbocycles. The summed E-state index contributed by atoms with van der Waals surface area (Å²) >= 11 is 0. The predicted molar refractivity (Wildman–Crippen MR) is 114 cm³/mol. The molecule has 0 aromatic heterocycles. The topological polar surface area (TPSA) is 65.0 Å². The highest BCUT2D eigenvalue weighted by atomic mass is 16.6. The SMILES string of the molecule is C=C(C)C(=O)OCCCCCCCCCCCOC1=CC(O)Oc2ccccc21. The Kier molecular flexibility index (Phi) is 10.4. The standard InChI is InChI=1S/C24H34O5/c1-19(2)24(26)28-17-13-9-7-5-3-4-6-8-12-16-27-22-18-23(25)29-21-15-11-10-14-20(21)22/h10-11,14-15,18,23,25H,1,3-9,12-13,16-17H2,2H3. The van der Waals surface area contributed by atoms with E-state index in [0.29, 0.717) is 30.3 Å². The van der Waals surface area contributed by atoms with E-state index in [0.717, 1.165) is 31.2 Å². The number of esters is 1. The van der Waals surface area contributed by atoms with E-state index in [1.807, 2.05) is 24.3 Å². The van der Waals surface area contributed by atoms with Crippen molar-refractivity contribution in [2.75, 3.05) is 13.2 Å². The Labute approximate surface area is 174 Å². The van der Waals surface area contributed by atoms with Gasteiger partial charge in [0.05, 0.1) is 18.8 Å². The quantitative estimate of drug-likeness (QED) is 0.257. The minimum Gasteiger partial charge on any atom is -0.493 e. The second-order valence-electron chi connectivity index (χ2n) is 7.48. The number of benzene rings is 1. The molecule has 1 N–H and O–H groups in total. The molecule has 0 saturated heterocycles. The fraction of sp³-hybridized carbons (Fsp3) is 0.542. The smallest absolute Gasteiger partial charge is 0.333 e. The maximum absolute atomic E-state index is 11.2. The van der Waals surface area contributed by atoms with E-state index in [4.69, 9.17) is 14.2 Å². The van der Waals surface area contributed by atoms with E-state index in [9.17, 15) is 9.90 Å². The van der Waals surface area contributed by atoms with Gasteiger partial charge in [-0.2, -0.15) is 0 Å². The van der Waals surface area contributed by atoms with Crippen molar-refractivity contribution in [2.24, 2.45) is 0 Å². The van der Waals surface area contributed by atoms with Crippen molar-refractivity contribution in [2.45, 2.75) is 71.0 Å². The first-order valence-electron chi connectivity index (χ1n) is 10.7. The summed E-state index contributed by atoms with van der Waals surface area (Å²) in [5.41, 5.74) is 1.36. The summed E-state index contributed by atoms with van der Waals surface area (Å²) in [5, 5.41) is 9.76. The van der Waals surface area contributed by atoms with Crippen LogP contribution in [0.2, 0.25) is 0 Å². The first kappa shape index (κ1) is 23.0. The van der Waals surface area contributed by atoms with Crippen LogP contribution < -0.4 is 4.74 Å². The molecule has 0 amide bonds. The van der Waals surface area contributed by atoms with Crippen molar-refractivity contribution in [3.63, 3.8) is 0 Å². The van der Waals surface area contributed by atoms with Gasteiger partial charge in [-0.25, -0.2) is 4.79 Å². The zero-order valence-electron chi connectivity index (χ0n) is 17.5. The highest BCUT2D eigenvalue weighted by Gasteiger charge is 2.19. The average Bonchev–Trinajstić information content (AvgIpc) is 2.70. The summed E-state index contributed by atoms with van der Waals surface area (Å²) in [6.45, 7) is 6.38. The maximum Gasteiger partial charge on any atom is 0.333 e. The predicted octanol–water partition coefficient (Wildman–Crippen LogP) is 5.39. The zero-order valence-corrected chi connectivity index (χ0v) is 17.5. The number of hydrogen-bond acceptors (Lipinski definition) is 5. The molecule has 0 bridgehead atoms. The Morgan fingerprint density at radius 3 is 2.24 bits per heavy atom. The third kappa shape index (κ3) is 8.73. The van der Waals surface area contributed by atoms with E-state index < -0.39 is 6.29 Å². The molecule has 0 aliphatic carbocycles. The summed E-state index contributed by atoms with van der Waals surface area (Å²) in [6, 6.07) is 7.60. The van der Waals surface area contributed by atoms with E-state index in [1.54, 1.807) is 13.0 Å². The van der Waals surface area contributed by atoms with Crippen LogP contribution in [0.3, 0.4) is 0 Å². The highest BCUT2D eigenvalue weighted by molar-refractivity contribution is 5.86. The largest absolute Gasteiger partial charge is 0.493 e. The number of carbonyl (C=O) groups is 1. The van der Waals surface area contributed by atoms with Crippen molar-refractivity contribution >= 4 is 11.7 Å². The number of carbonyl (C=O) groups excluding carboxylic acids is 1. The fourth-order valence-corrected chi connectivity index (χ4v) is 3.19. The van der Waals surface area contributed by atoms with Crippen LogP contribution in [0, 0.1) is 0 Å². The van der Waals surface area contributed by atoms with Gasteiger partial charge in [0.1, 0.15) is 11.5 Å². The lowest BCUT2D eigenvalue weighted by Gasteiger charge is -2.22. The zero-order chi connectivity index (χ0) is 20.9. The average molecular weight is 403 g/mol. The van der Waals surface area contributed by atoms with E-state index >= 15 is 0 Å². The number of aliphatic hydroxyl groups excluding tert-OH is 1. The van der Waals surface area contributed by atoms with Gasteiger partial charge in [0.2, 0.25) is 6.29 Å². The van der Waals surface area contributed by atoms with Crippen LogP contribution in [0.5, 0.6) is 5.75 Å². The molecule has 0 spiro atoms. The highest BCUT2D eigenvalue weighted by Crippen LogP contribution is 2.31. The minimum absolute atomic E-state index is 0.289. The Morgan fingerprint density at radius 1 is 1.00 bits per heavy atom. The van der Waals surface area contributed by atoms with Crippen molar-refractivity contribution in [1.82, 2.24) is 0 Å². The van der Waals surface area contributed by atoms with E-state index in [2.05, 4.69) is 6.58 Å². The molecule has 1 aliphatic heterocycles. The van der Waals surface area contributed by atoms with E-state index in [1.165, 1.54) is 32.1 Å². The molecule has 1 aliphatic rings. The molecule has 160 valence electrons. The molecular weight excluding hydrogens is 368 g/mol. The van der Waals surface area contributed by atoms with Crippen molar-refractivity contribution in [1.29, 1.82) is 0 Å². The molecule has 2 rings (SSSR count). The minimum atomic E-state index is -0.946. The number of rotatable bonds is 14. The van der Waals surface area contributed by atoms with Crippen LogP contribution in [-0.4, -0.2) is 30.6 Å². The van der Waals surface area contributed by atoms with Gasteiger partial charge in [-0.1, -0.05) is 63.7 Å².